The summed E-state index contributed by atoms with van der Waals surface area (Å²) >= 11 is 3.54. The molecule has 0 spiro atoms. The van der Waals surface area contributed by atoms with Crippen LogP contribution in [0.5, 0.6) is 11.5 Å². The van der Waals surface area contributed by atoms with E-state index in [1.54, 1.807) is 32.4 Å². The molecule has 136 valence electrons. The lowest BCUT2D eigenvalue weighted by Crippen LogP contribution is -2.48. The number of ketones is 1. The summed E-state index contributed by atoms with van der Waals surface area (Å²) in [5, 5.41) is 3.00. The lowest BCUT2D eigenvalue weighted by atomic mass is 9.64. The Morgan fingerprint density at radius 1 is 1.20 bits per heavy atom. The van der Waals surface area contributed by atoms with Crippen molar-refractivity contribution >= 4 is 33.3 Å². The molecule has 0 saturated heterocycles. The number of amides is 1. The van der Waals surface area contributed by atoms with Crippen molar-refractivity contribution in [1.82, 2.24) is 0 Å². The number of alkyl halides is 1. The smallest absolute Gasteiger partial charge is 0.232 e. The molecule has 2 aliphatic rings. The fourth-order valence-electron chi connectivity index (χ4n) is 4.59. The minimum atomic E-state index is -0.774. The summed E-state index contributed by atoms with van der Waals surface area (Å²) in [5.41, 5.74) is -1.12. The lowest BCUT2D eigenvalue weighted by Gasteiger charge is -2.39. The molecule has 0 radical (unpaired) electrons. The molecule has 3 rings (SSSR count). The van der Waals surface area contributed by atoms with Crippen LogP contribution in [0.4, 0.5) is 5.69 Å². The van der Waals surface area contributed by atoms with E-state index in [1.165, 1.54) is 0 Å². The first-order valence-corrected chi connectivity index (χ1v) is 9.29. The summed E-state index contributed by atoms with van der Waals surface area (Å²) in [6, 6.07) is 5.25. The number of hydrogen-bond acceptors (Lipinski definition) is 4. The molecular weight excluding hydrogens is 386 g/mol. The van der Waals surface area contributed by atoms with Gasteiger partial charge in [-0.25, -0.2) is 0 Å². The Morgan fingerprint density at radius 2 is 1.88 bits per heavy atom. The van der Waals surface area contributed by atoms with Crippen molar-refractivity contribution in [3.05, 3.63) is 18.2 Å². The van der Waals surface area contributed by atoms with E-state index in [0.717, 1.165) is 6.42 Å². The van der Waals surface area contributed by atoms with Crippen molar-refractivity contribution in [2.24, 2.45) is 16.2 Å². The van der Waals surface area contributed by atoms with Crippen LogP contribution >= 0.6 is 15.9 Å². The molecule has 3 atom stereocenters. The number of carbonyl (C=O) groups excluding carboxylic acids is 2. The maximum absolute atomic E-state index is 13.4. The molecule has 25 heavy (non-hydrogen) atoms. The topological polar surface area (TPSA) is 64.6 Å². The third-order valence-corrected chi connectivity index (χ3v) is 7.98. The summed E-state index contributed by atoms with van der Waals surface area (Å²) in [6.07, 6.45) is 1.41. The average molecular weight is 410 g/mol. The number of halogens is 1. The van der Waals surface area contributed by atoms with Crippen LogP contribution in [0.3, 0.4) is 0 Å². The van der Waals surface area contributed by atoms with Gasteiger partial charge in [-0.05, 0) is 30.4 Å². The van der Waals surface area contributed by atoms with Crippen LogP contribution in [-0.4, -0.2) is 30.7 Å². The van der Waals surface area contributed by atoms with Crippen LogP contribution in [0, 0.1) is 16.2 Å². The Labute approximate surface area is 156 Å². The predicted octanol–water partition coefficient (Wildman–Crippen LogP) is 3.80. The van der Waals surface area contributed by atoms with Crippen molar-refractivity contribution in [1.29, 1.82) is 0 Å². The van der Waals surface area contributed by atoms with Crippen molar-refractivity contribution in [2.75, 3.05) is 19.5 Å². The van der Waals surface area contributed by atoms with Crippen molar-refractivity contribution in [3.63, 3.8) is 0 Å². The number of anilines is 1. The summed E-state index contributed by atoms with van der Waals surface area (Å²) in [5.74, 6) is 1.16. The van der Waals surface area contributed by atoms with E-state index in [2.05, 4.69) is 21.2 Å². The molecular formula is C19H24BrNO4. The zero-order valence-corrected chi connectivity index (χ0v) is 16.8. The third-order valence-electron chi connectivity index (χ3n) is 6.78. The zero-order valence-electron chi connectivity index (χ0n) is 15.2. The lowest BCUT2D eigenvalue weighted by molar-refractivity contribution is -0.130. The second kappa shape index (κ2) is 5.73. The number of fused-ring (bicyclic) bond motifs is 2. The molecule has 0 aromatic heterocycles. The SMILES string of the molecule is COc1ccc(NC(=O)C23CCC(C)(C(=O)C2Br)C3(C)C)c(OC)c1. The second-order valence-electron chi connectivity index (χ2n) is 7.68. The molecule has 2 fully saturated rings. The summed E-state index contributed by atoms with van der Waals surface area (Å²) in [4.78, 5) is 25.7. The Hall–Kier alpha value is -1.56. The van der Waals surface area contributed by atoms with Gasteiger partial charge in [-0.15, -0.1) is 0 Å². The molecule has 2 bridgehead atoms. The van der Waals surface area contributed by atoms with Gasteiger partial charge in [0.05, 0.1) is 30.1 Å². The standard InChI is InChI=1S/C19H24BrNO4/c1-17(2)18(3)8-9-19(17,14(20)15(18)22)16(23)21-12-7-6-11(24-4)10-13(12)25-5/h6-7,10,14H,8-9H2,1-5H3,(H,21,23). The highest BCUT2D eigenvalue weighted by molar-refractivity contribution is 9.10. The first-order chi connectivity index (χ1) is 11.7. The van der Waals surface area contributed by atoms with Crippen LogP contribution in [-0.2, 0) is 9.59 Å². The first-order valence-electron chi connectivity index (χ1n) is 8.37. The molecule has 1 aromatic carbocycles. The number of benzene rings is 1. The summed E-state index contributed by atoms with van der Waals surface area (Å²) in [6.45, 7) is 6.05. The van der Waals surface area contributed by atoms with E-state index >= 15 is 0 Å². The van der Waals surface area contributed by atoms with Gasteiger partial charge in [0.25, 0.3) is 0 Å². The number of rotatable bonds is 4. The Kier molecular flexibility index (Phi) is 4.18. The fraction of sp³-hybridized carbons (Fsp3) is 0.579. The highest BCUT2D eigenvalue weighted by atomic mass is 79.9. The quantitative estimate of drug-likeness (QED) is 0.767. The molecule has 6 heteroatoms. The van der Waals surface area contributed by atoms with Crippen molar-refractivity contribution in [2.45, 2.75) is 38.4 Å². The van der Waals surface area contributed by atoms with E-state index in [0.29, 0.717) is 23.6 Å². The van der Waals surface area contributed by atoms with Gasteiger partial charge in [0, 0.05) is 11.5 Å². The van der Waals surface area contributed by atoms with Gasteiger partial charge in [-0.1, -0.05) is 36.7 Å². The van der Waals surface area contributed by atoms with E-state index in [9.17, 15) is 9.59 Å². The third kappa shape index (κ3) is 2.12. The van der Waals surface area contributed by atoms with Gasteiger partial charge in [0.1, 0.15) is 11.5 Å². The molecule has 5 nitrogen and oxygen atoms in total. The summed E-state index contributed by atoms with van der Waals surface area (Å²) in [7, 11) is 3.12. The van der Waals surface area contributed by atoms with Gasteiger partial charge in [0.2, 0.25) is 5.91 Å². The minimum Gasteiger partial charge on any atom is -0.497 e. The fourth-order valence-corrected chi connectivity index (χ4v) is 6.11. The maximum Gasteiger partial charge on any atom is 0.232 e. The van der Waals surface area contributed by atoms with Gasteiger partial charge in [-0.3, -0.25) is 9.59 Å². The van der Waals surface area contributed by atoms with E-state index in [1.807, 2.05) is 20.8 Å². The van der Waals surface area contributed by atoms with E-state index in [-0.39, 0.29) is 11.7 Å². The summed E-state index contributed by atoms with van der Waals surface area (Å²) < 4.78 is 10.6. The molecule has 0 aliphatic heterocycles. The van der Waals surface area contributed by atoms with Gasteiger partial charge >= 0.3 is 0 Å². The van der Waals surface area contributed by atoms with Crippen molar-refractivity contribution < 1.29 is 19.1 Å². The molecule has 1 aromatic rings. The van der Waals surface area contributed by atoms with Gasteiger partial charge < -0.3 is 14.8 Å². The van der Waals surface area contributed by atoms with Crippen LogP contribution in [0.1, 0.15) is 33.6 Å². The minimum absolute atomic E-state index is 0.126. The second-order valence-corrected chi connectivity index (χ2v) is 8.59. The van der Waals surface area contributed by atoms with E-state index in [4.69, 9.17) is 9.47 Å². The number of hydrogen-bond donors (Lipinski definition) is 1. The first kappa shape index (κ1) is 18.2. The Balaban J connectivity index is 1.98. The monoisotopic (exact) mass is 409 g/mol. The van der Waals surface area contributed by atoms with Gasteiger partial charge in [-0.2, -0.15) is 0 Å². The number of ether oxygens (including phenoxy) is 2. The number of nitrogens with one attached hydrogen (secondary N) is 1. The Morgan fingerprint density at radius 3 is 2.40 bits per heavy atom. The van der Waals surface area contributed by atoms with Crippen LogP contribution in [0.25, 0.3) is 0 Å². The molecule has 3 unspecified atom stereocenters. The predicted molar refractivity (Wildman–Crippen MR) is 99.5 cm³/mol. The Bertz CT molecular complexity index is 747. The van der Waals surface area contributed by atoms with Crippen LogP contribution < -0.4 is 14.8 Å². The molecule has 0 heterocycles. The van der Waals surface area contributed by atoms with E-state index < -0.39 is 21.1 Å². The van der Waals surface area contributed by atoms with Crippen molar-refractivity contribution in [3.8, 4) is 11.5 Å². The number of carbonyl (C=O) groups is 2. The molecule has 2 aliphatic carbocycles. The zero-order chi connectivity index (χ0) is 18.6. The molecule has 1 amide bonds. The number of methoxy groups -OCH3 is 2. The van der Waals surface area contributed by atoms with Crippen LogP contribution in [0.15, 0.2) is 18.2 Å². The maximum atomic E-state index is 13.4. The highest BCUT2D eigenvalue weighted by Gasteiger charge is 2.76. The van der Waals surface area contributed by atoms with Gasteiger partial charge in [0.15, 0.2) is 5.78 Å². The average Bonchev–Trinajstić information content (AvgIpc) is 2.87. The largest absolute Gasteiger partial charge is 0.497 e. The normalized spacial score (nSPS) is 32.6. The molecule has 1 N–H and O–H groups in total. The number of Topliss-reactive ketones (excluding diaryl/α,β-unsaturated/α-hetero) is 1. The van der Waals surface area contributed by atoms with Crippen LogP contribution in [0.2, 0.25) is 0 Å². The molecule has 2 saturated carbocycles. The highest BCUT2D eigenvalue weighted by Crippen LogP contribution is 2.72.